The van der Waals surface area contributed by atoms with E-state index in [1.165, 1.54) is 32.2 Å². The Morgan fingerprint density at radius 2 is 2.14 bits per heavy atom. The second-order valence-electron chi connectivity index (χ2n) is 5.24. The molecule has 1 N–H and O–H groups in total. The molecule has 0 aliphatic heterocycles. The van der Waals surface area contributed by atoms with Crippen LogP contribution in [0.15, 0.2) is 12.2 Å². The Morgan fingerprint density at radius 3 is 2.71 bits per heavy atom. The van der Waals surface area contributed by atoms with Crippen molar-refractivity contribution in [2.45, 2.75) is 45.6 Å². The molecule has 2 aliphatic carbocycles. The van der Waals surface area contributed by atoms with Gasteiger partial charge in [-0.05, 0) is 50.0 Å². The number of nitrogens with one attached hydrogen (secondary N) is 1. The molecule has 0 heterocycles. The van der Waals surface area contributed by atoms with Crippen molar-refractivity contribution in [3.63, 3.8) is 0 Å². The van der Waals surface area contributed by atoms with Crippen LogP contribution in [0.3, 0.4) is 0 Å². The summed E-state index contributed by atoms with van der Waals surface area (Å²) in [5.41, 5.74) is 0. The Kier molecular flexibility index (Phi) is 3.27. The Balaban J connectivity index is 1.65. The monoisotopic (exact) mass is 193 g/mol. The molecule has 0 aromatic carbocycles. The van der Waals surface area contributed by atoms with Crippen molar-refractivity contribution in [2.24, 2.45) is 17.8 Å². The lowest BCUT2D eigenvalue weighted by Gasteiger charge is -2.42. The van der Waals surface area contributed by atoms with Crippen molar-refractivity contribution < 1.29 is 0 Å². The summed E-state index contributed by atoms with van der Waals surface area (Å²) in [6.07, 6.45) is 10.0. The van der Waals surface area contributed by atoms with Gasteiger partial charge in [0.1, 0.15) is 0 Å². The minimum Gasteiger partial charge on any atom is -0.313 e. The first-order chi connectivity index (χ1) is 6.77. The zero-order valence-electron chi connectivity index (χ0n) is 9.50. The van der Waals surface area contributed by atoms with E-state index in [2.05, 4.69) is 31.3 Å². The SMILES string of the molecule is CC1CC(NCC2CC=CCC2)C1C. The van der Waals surface area contributed by atoms with Gasteiger partial charge in [0.05, 0.1) is 0 Å². The van der Waals surface area contributed by atoms with Crippen LogP contribution in [0.1, 0.15) is 39.5 Å². The van der Waals surface area contributed by atoms with Gasteiger partial charge < -0.3 is 5.32 Å². The lowest BCUT2D eigenvalue weighted by atomic mass is 9.71. The smallest absolute Gasteiger partial charge is 0.00980 e. The fourth-order valence-electron chi connectivity index (χ4n) is 2.66. The normalized spacial score (nSPS) is 42.1. The van der Waals surface area contributed by atoms with Gasteiger partial charge in [-0.15, -0.1) is 0 Å². The van der Waals surface area contributed by atoms with Gasteiger partial charge in [0, 0.05) is 6.04 Å². The average molecular weight is 193 g/mol. The van der Waals surface area contributed by atoms with E-state index in [0.717, 1.165) is 23.8 Å². The van der Waals surface area contributed by atoms with E-state index in [-0.39, 0.29) is 0 Å². The fourth-order valence-corrected chi connectivity index (χ4v) is 2.66. The van der Waals surface area contributed by atoms with Crippen LogP contribution in [-0.2, 0) is 0 Å². The van der Waals surface area contributed by atoms with Gasteiger partial charge in [0.25, 0.3) is 0 Å². The summed E-state index contributed by atoms with van der Waals surface area (Å²) in [6, 6.07) is 0.816. The fraction of sp³-hybridized carbons (Fsp3) is 0.846. The summed E-state index contributed by atoms with van der Waals surface area (Å²) in [5.74, 6) is 2.75. The molecule has 0 spiro atoms. The first-order valence-corrected chi connectivity index (χ1v) is 6.15. The zero-order chi connectivity index (χ0) is 9.97. The molecule has 1 fully saturated rings. The number of hydrogen-bond donors (Lipinski definition) is 1. The summed E-state index contributed by atoms with van der Waals surface area (Å²) >= 11 is 0. The molecule has 0 bridgehead atoms. The minimum absolute atomic E-state index is 0.816. The Morgan fingerprint density at radius 1 is 1.29 bits per heavy atom. The molecule has 14 heavy (non-hydrogen) atoms. The summed E-state index contributed by atoms with van der Waals surface area (Å²) in [6.45, 7) is 5.99. The quantitative estimate of drug-likeness (QED) is 0.679. The molecule has 4 atom stereocenters. The molecule has 1 saturated carbocycles. The molecule has 0 aromatic rings. The van der Waals surface area contributed by atoms with Gasteiger partial charge >= 0.3 is 0 Å². The predicted molar refractivity (Wildman–Crippen MR) is 61.2 cm³/mol. The highest BCUT2D eigenvalue weighted by Gasteiger charge is 2.33. The van der Waals surface area contributed by atoms with E-state index >= 15 is 0 Å². The van der Waals surface area contributed by atoms with Crippen LogP contribution in [0.2, 0.25) is 0 Å². The highest BCUT2D eigenvalue weighted by atomic mass is 14.9. The number of allylic oxidation sites excluding steroid dienone is 2. The minimum atomic E-state index is 0.816. The Labute approximate surface area is 88.0 Å². The van der Waals surface area contributed by atoms with E-state index in [1.807, 2.05) is 0 Å². The molecule has 0 radical (unpaired) electrons. The van der Waals surface area contributed by atoms with Crippen molar-refractivity contribution in [3.05, 3.63) is 12.2 Å². The number of rotatable bonds is 3. The lowest BCUT2D eigenvalue weighted by molar-refractivity contribution is 0.132. The molecule has 80 valence electrons. The Bertz CT molecular complexity index is 209. The first-order valence-electron chi connectivity index (χ1n) is 6.15. The van der Waals surface area contributed by atoms with E-state index in [0.29, 0.717) is 0 Å². The van der Waals surface area contributed by atoms with Gasteiger partial charge in [-0.1, -0.05) is 26.0 Å². The molecular formula is C13H23N. The van der Waals surface area contributed by atoms with Crippen molar-refractivity contribution in [3.8, 4) is 0 Å². The van der Waals surface area contributed by atoms with Gasteiger partial charge in [0.2, 0.25) is 0 Å². The van der Waals surface area contributed by atoms with Crippen LogP contribution in [0.25, 0.3) is 0 Å². The third-order valence-electron chi connectivity index (χ3n) is 4.20. The second-order valence-corrected chi connectivity index (χ2v) is 5.24. The molecule has 0 amide bonds. The standard InChI is InChI=1S/C13H23N/c1-10-8-13(11(10)2)14-9-12-6-4-3-5-7-12/h3-4,10-14H,5-9H2,1-2H3. The maximum absolute atomic E-state index is 3.74. The van der Waals surface area contributed by atoms with Gasteiger partial charge in [-0.2, -0.15) is 0 Å². The second kappa shape index (κ2) is 4.48. The van der Waals surface area contributed by atoms with Crippen molar-refractivity contribution in [2.75, 3.05) is 6.54 Å². The summed E-state index contributed by atoms with van der Waals surface area (Å²) in [4.78, 5) is 0. The van der Waals surface area contributed by atoms with Crippen molar-refractivity contribution >= 4 is 0 Å². The molecule has 2 rings (SSSR count). The van der Waals surface area contributed by atoms with E-state index in [4.69, 9.17) is 0 Å². The predicted octanol–water partition coefficient (Wildman–Crippen LogP) is 2.98. The highest BCUT2D eigenvalue weighted by Crippen LogP contribution is 2.33. The molecule has 1 nitrogen and oxygen atoms in total. The summed E-state index contributed by atoms with van der Waals surface area (Å²) in [7, 11) is 0. The summed E-state index contributed by atoms with van der Waals surface area (Å²) in [5, 5.41) is 3.74. The zero-order valence-corrected chi connectivity index (χ0v) is 9.50. The van der Waals surface area contributed by atoms with Crippen molar-refractivity contribution in [1.29, 1.82) is 0 Å². The molecule has 1 heteroatoms. The molecule has 4 unspecified atom stereocenters. The topological polar surface area (TPSA) is 12.0 Å². The van der Waals surface area contributed by atoms with Gasteiger partial charge in [0.15, 0.2) is 0 Å². The van der Waals surface area contributed by atoms with Crippen LogP contribution in [-0.4, -0.2) is 12.6 Å². The van der Waals surface area contributed by atoms with Crippen LogP contribution in [0.5, 0.6) is 0 Å². The van der Waals surface area contributed by atoms with Gasteiger partial charge in [-0.25, -0.2) is 0 Å². The Hall–Kier alpha value is -0.300. The van der Waals surface area contributed by atoms with Crippen LogP contribution >= 0.6 is 0 Å². The molecule has 2 aliphatic rings. The summed E-state index contributed by atoms with van der Waals surface area (Å²) < 4.78 is 0. The maximum atomic E-state index is 3.74. The third-order valence-corrected chi connectivity index (χ3v) is 4.20. The van der Waals surface area contributed by atoms with Crippen LogP contribution < -0.4 is 5.32 Å². The third kappa shape index (κ3) is 2.20. The van der Waals surface area contributed by atoms with E-state index in [9.17, 15) is 0 Å². The first kappa shape index (κ1) is 10.2. The maximum Gasteiger partial charge on any atom is 0.00980 e. The van der Waals surface area contributed by atoms with Gasteiger partial charge in [-0.3, -0.25) is 0 Å². The largest absolute Gasteiger partial charge is 0.313 e. The van der Waals surface area contributed by atoms with E-state index < -0.39 is 0 Å². The molecule has 0 aromatic heterocycles. The average Bonchev–Trinajstić information content (AvgIpc) is 2.25. The highest BCUT2D eigenvalue weighted by molar-refractivity contribution is 4.93. The van der Waals surface area contributed by atoms with Crippen molar-refractivity contribution in [1.82, 2.24) is 5.32 Å². The number of hydrogen-bond acceptors (Lipinski definition) is 1. The van der Waals surface area contributed by atoms with Crippen LogP contribution in [0.4, 0.5) is 0 Å². The van der Waals surface area contributed by atoms with Crippen LogP contribution in [0, 0.1) is 17.8 Å². The molecular weight excluding hydrogens is 170 g/mol. The molecule has 0 saturated heterocycles. The lowest BCUT2D eigenvalue weighted by Crippen LogP contribution is -2.49. The van der Waals surface area contributed by atoms with E-state index in [1.54, 1.807) is 0 Å².